The smallest absolute Gasteiger partial charge is 0.249 e. The molecule has 0 fully saturated rings. The fourth-order valence-corrected chi connectivity index (χ4v) is 2.19. The molecule has 1 N–H and O–H groups in total. The van der Waals surface area contributed by atoms with Crippen LogP contribution in [0, 0.1) is 6.92 Å². The number of anilines is 1. The van der Waals surface area contributed by atoms with Gasteiger partial charge in [-0.15, -0.1) is 0 Å². The van der Waals surface area contributed by atoms with Gasteiger partial charge in [0.15, 0.2) is 5.58 Å². The number of amides is 1. The maximum atomic E-state index is 12.1. The summed E-state index contributed by atoms with van der Waals surface area (Å²) in [4.78, 5) is 25.0. The Kier molecular flexibility index (Phi) is 4.37. The van der Waals surface area contributed by atoms with Crippen molar-refractivity contribution < 1.29 is 9.21 Å². The third kappa shape index (κ3) is 3.65. The zero-order chi connectivity index (χ0) is 17.1. The number of aromatic nitrogens is 3. The molecule has 3 aromatic rings. The highest BCUT2D eigenvalue weighted by Gasteiger charge is 2.08. The topological polar surface area (TPSA) is 80.9 Å². The van der Waals surface area contributed by atoms with Crippen molar-refractivity contribution in [1.29, 1.82) is 0 Å². The second kappa shape index (κ2) is 6.62. The number of fused-ring (bicyclic) bond motifs is 1. The second-order valence-electron chi connectivity index (χ2n) is 5.75. The molecule has 6 nitrogen and oxygen atoms in total. The maximum absolute atomic E-state index is 12.1. The molecule has 0 spiro atoms. The van der Waals surface area contributed by atoms with Gasteiger partial charge >= 0.3 is 0 Å². The quantitative estimate of drug-likeness (QED) is 0.741. The molecule has 2 aromatic heterocycles. The molecule has 1 amide bonds. The van der Waals surface area contributed by atoms with Crippen LogP contribution in [-0.2, 0) is 4.79 Å². The summed E-state index contributed by atoms with van der Waals surface area (Å²) in [6, 6.07) is 9.17. The first-order chi connectivity index (χ1) is 11.5. The molecular weight excluding hydrogens is 304 g/mol. The van der Waals surface area contributed by atoms with Crippen LogP contribution in [0.5, 0.6) is 0 Å². The van der Waals surface area contributed by atoms with Gasteiger partial charge in [0.2, 0.25) is 11.8 Å². The molecule has 0 aliphatic rings. The van der Waals surface area contributed by atoms with Crippen LogP contribution in [0.15, 0.2) is 40.8 Å². The van der Waals surface area contributed by atoms with Gasteiger partial charge in [0, 0.05) is 29.8 Å². The number of carbonyl (C=O) groups is 1. The molecule has 0 saturated carbocycles. The summed E-state index contributed by atoms with van der Waals surface area (Å²) in [7, 11) is 0. The van der Waals surface area contributed by atoms with Gasteiger partial charge in [-0.05, 0) is 19.1 Å². The number of nitrogens with one attached hydrogen (secondary N) is 1. The molecule has 2 heterocycles. The molecule has 0 aliphatic carbocycles. The molecular formula is C18H18N4O2. The molecule has 0 unspecified atom stereocenters. The lowest BCUT2D eigenvalue weighted by atomic mass is 10.2. The van der Waals surface area contributed by atoms with Gasteiger partial charge in [-0.25, -0.2) is 15.0 Å². The van der Waals surface area contributed by atoms with Crippen molar-refractivity contribution in [3.05, 3.63) is 53.8 Å². The lowest BCUT2D eigenvalue weighted by Crippen LogP contribution is -2.11. The van der Waals surface area contributed by atoms with E-state index < -0.39 is 0 Å². The molecule has 3 rings (SSSR count). The van der Waals surface area contributed by atoms with Crippen LogP contribution in [-0.4, -0.2) is 20.9 Å². The minimum Gasteiger partial charge on any atom is -0.437 e. The Hall–Kier alpha value is -3.02. The Morgan fingerprint density at radius 3 is 2.75 bits per heavy atom. The number of oxazole rings is 1. The summed E-state index contributed by atoms with van der Waals surface area (Å²) in [5, 5.41) is 2.74. The maximum Gasteiger partial charge on any atom is 0.249 e. The van der Waals surface area contributed by atoms with Crippen LogP contribution >= 0.6 is 0 Å². The van der Waals surface area contributed by atoms with E-state index in [9.17, 15) is 4.79 Å². The highest BCUT2D eigenvalue weighted by atomic mass is 16.3. The van der Waals surface area contributed by atoms with E-state index in [0.29, 0.717) is 23.1 Å². The van der Waals surface area contributed by atoms with Gasteiger partial charge in [0.1, 0.15) is 17.2 Å². The van der Waals surface area contributed by atoms with Crippen LogP contribution in [0.3, 0.4) is 0 Å². The summed E-state index contributed by atoms with van der Waals surface area (Å²) in [6.45, 7) is 5.89. The first-order valence-corrected chi connectivity index (χ1v) is 7.71. The summed E-state index contributed by atoms with van der Waals surface area (Å²) < 4.78 is 5.53. The van der Waals surface area contributed by atoms with Crippen molar-refractivity contribution in [2.45, 2.75) is 26.7 Å². The van der Waals surface area contributed by atoms with E-state index in [0.717, 1.165) is 11.2 Å². The minimum absolute atomic E-state index is 0.191. The standard InChI is InChI=1S/C18H18N4O2/c1-11(2)18-19-12(3)10-15(22-18)21-16(23)8-9-17-20-13-6-4-5-7-14(13)24-17/h4-11H,1-3H3,(H,19,21,22,23). The molecule has 24 heavy (non-hydrogen) atoms. The Bertz CT molecular complexity index is 879. The summed E-state index contributed by atoms with van der Waals surface area (Å²) in [5.41, 5.74) is 2.25. The van der Waals surface area contributed by atoms with Gasteiger partial charge in [0.05, 0.1) is 0 Å². The molecule has 0 atom stereocenters. The number of aryl methyl sites for hydroxylation is 1. The van der Waals surface area contributed by atoms with Crippen LogP contribution < -0.4 is 5.32 Å². The first-order valence-electron chi connectivity index (χ1n) is 7.71. The summed E-state index contributed by atoms with van der Waals surface area (Å²) in [6.07, 6.45) is 2.91. The second-order valence-corrected chi connectivity index (χ2v) is 5.75. The summed E-state index contributed by atoms with van der Waals surface area (Å²) in [5.74, 6) is 1.46. The molecule has 0 radical (unpaired) electrons. The molecule has 1 aromatic carbocycles. The Morgan fingerprint density at radius 2 is 2.00 bits per heavy atom. The van der Waals surface area contributed by atoms with E-state index in [1.165, 1.54) is 12.2 Å². The van der Waals surface area contributed by atoms with Crippen molar-refractivity contribution in [3.63, 3.8) is 0 Å². The zero-order valence-corrected chi connectivity index (χ0v) is 13.8. The van der Waals surface area contributed by atoms with E-state index >= 15 is 0 Å². The van der Waals surface area contributed by atoms with Crippen LogP contribution in [0.25, 0.3) is 17.2 Å². The zero-order valence-electron chi connectivity index (χ0n) is 13.8. The molecule has 122 valence electrons. The van der Waals surface area contributed by atoms with E-state index in [4.69, 9.17) is 4.42 Å². The van der Waals surface area contributed by atoms with Gasteiger partial charge in [0.25, 0.3) is 0 Å². The first kappa shape index (κ1) is 15.9. The van der Waals surface area contributed by atoms with Gasteiger partial charge < -0.3 is 9.73 Å². The van der Waals surface area contributed by atoms with E-state index in [2.05, 4.69) is 20.3 Å². The number of nitrogens with zero attached hydrogens (tertiary/aromatic N) is 3. The van der Waals surface area contributed by atoms with Crippen LogP contribution in [0.4, 0.5) is 5.82 Å². The lowest BCUT2D eigenvalue weighted by Gasteiger charge is -2.08. The number of rotatable bonds is 4. The number of para-hydroxylation sites is 2. The average Bonchev–Trinajstić information content (AvgIpc) is 2.95. The molecule has 0 bridgehead atoms. The van der Waals surface area contributed by atoms with E-state index in [1.54, 1.807) is 6.07 Å². The monoisotopic (exact) mass is 322 g/mol. The van der Waals surface area contributed by atoms with Crippen molar-refractivity contribution in [2.75, 3.05) is 5.32 Å². The number of carbonyl (C=O) groups excluding carboxylic acids is 1. The normalized spacial score (nSPS) is 11.5. The average molecular weight is 322 g/mol. The largest absolute Gasteiger partial charge is 0.437 e. The van der Waals surface area contributed by atoms with Gasteiger partial charge in [-0.2, -0.15) is 0 Å². The fourth-order valence-electron chi connectivity index (χ4n) is 2.19. The third-order valence-corrected chi connectivity index (χ3v) is 3.33. The lowest BCUT2D eigenvalue weighted by molar-refractivity contribution is -0.111. The molecule has 0 aliphatic heterocycles. The summed E-state index contributed by atoms with van der Waals surface area (Å²) >= 11 is 0. The fraction of sp³-hybridized carbons (Fsp3) is 0.222. The minimum atomic E-state index is -0.301. The predicted molar refractivity (Wildman–Crippen MR) is 92.5 cm³/mol. The predicted octanol–water partition coefficient (Wildman–Crippen LogP) is 3.70. The van der Waals surface area contributed by atoms with E-state index in [1.807, 2.05) is 45.0 Å². The van der Waals surface area contributed by atoms with Crippen molar-refractivity contribution in [1.82, 2.24) is 15.0 Å². The SMILES string of the molecule is Cc1cc(NC(=O)C=Cc2nc3ccccc3o2)nc(C(C)C)n1. The highest BCUT2D eigenvalue weighted by Crippen LogP contribution is 2.16. The van der Waals surface area contributed by atoms with Crippen molar-refractivity contribution in [2.24, 2.45) is 0 Å². The molecule has 6 heteroatoms. The van der Waals surface area contributed by atoms with Gasteiger partial charge in [-0.1, -0.05) is 26.0 Å². The van der Waals surface area contributed by atoms with Crippen molar-refractivity contribution in [3.8, 4) is 0 Å². The van der Waals surface area contributed by atoms with Gasteiger partial charge in [-0.3, -0.25) is 4.79 Å². The molecule has 0 saturated heterocycles. The highest BCUT2D eigenvalue weighted by molar-refractivity contribution is 6.01. The Labute approximate surface area is 139 Å². The number of hydrogen-bond acceptors (Lipinski definition) is 5. The van der Waals surface area contributed by atoms with Crippen molar-refractivity contribution >= 4 is 28.9 Å². The third-order valence-electron chi connectivity index (χ3n) is 3.33. The Morgan fingerprint density at radius 1 is 1.21 bits per heavy atom. The number of hydrogen-bond donors (Lipinski definition) is 1. The van der Waals surface area contributed by atoms with Crippen LogP contribution in [0.2, 0.25) is 0 Å². The van der Waals surface area contributed by atoms with Crippen LogP contribution in [0.1, 0.15) is 37.2 Å². The Balaban J connectivity index is 1.73. The van der Waals surface area contributed by atoms with E-state index in [-0.39, 0.29) is 11.8 Å². The number of benzene rings is 1.